The molecule has 2 unspecified atom stereocenters. The number of hydrogen-bond donors (Lipinski definition) is 2. The molecule has 96 valence electrons. The molecule has 17 heavy (non-hydrogen) atoms. The average molecular weight is 281 g/mol. The average Bonchev–Trinajstić information content (AvgIpc) is 2.23. The molecule has 1 aliphatic carbocycles. The summed E-state index contributed by atoms with van der Waals surface area (Å²) in [7, 11) is 0. The molecule has 3 nitrogen and oxygen atoms in total. The van der Waals surface area contributed by atoms with Crippen molar-refractivity contribution >= 4 is 17.6 Å². The van der Waals surface area contributed by atoms with Gasteiger partial charge >= 0.3 is 18.4 Å². The molecule has 0 saturated carbocycles. The molecule has 2 rings (SSSR count). The van der Waals surface area contributed by atoms with Crippen LogP contribution in [0.25, 0.3) is 0 Å². The SMILES string of the molecule is O=C1NC2(Cl)C(C(F)(F)F)=CC2(C(F)(F)F)N1. The largest absolute Gasteiger partial charge is 0.419 e. The van der Waals surface area contributed by atoms with Crippen molar-refractivity contribution in [3.63, 3.8) is 0 Å². The van der Waals surface area contributed by atoms with E-state index in [0.717, 1.165) is 0 Å². The molecule has 1 aliphatic heterocycles. The maximum atomic E-state index is 12.7. The van der Waals surface area contributed by atoms with E-state index in [2.05, 4.69) is 0 Å². The van der Waals surface area contributed by atoms with Crippen LogP contribution in [0.1, 0.15) is 0 Å². The molecule has 0 spiro atoms. The summed E-state index contributed by atoms with van der Waals surface area (Å²) in [6.45, 7) is 0. The van der Waals surface area contributed by atoms with Gasteiger partial charge in [-0.05, 0) is 6.08 Å². The second-order valence-corrected chi connectivity index (χ2v) is 4.17. The second-order valence-electron chi connectivity index (χ2n) is 3.60. The molecular weight excluding hydrogens is 278 g/mol. The Morgan fingerprint density at radius 3 is 2.06 bits per heavy atom. The third-order valence-electron chi connectivity index (χ3n) is 2.62. The maximum absolute atomic E-state index is 12.7. The molecule has 1 saturated heterocycles. The molecule has 0 aromatic heterocycles. The fourth-order valence-electron chi connectivity index (χ4n) is 1.83. The molecule has 10 heteroatoms. The third kappa shape index (κ3) is 1.28. The summed E-state index contributed by atoms with van der Waals surface area (Å²) >= 11 is 5.29. The van der Waals surface area contributed by atoms with Crippen LogP contribution < -0.4 is 10.6 Å². The Labute approximate surface area is 94.8 Å². The van der Waals surface area contributed by atoms with Crippen LogP contribution in [0.3, 0.4) is 0 Å². The molecule has 2 aliphatic rings. The van der Waals surface area contributed by atoms with E-state index < -0.39 is 34.5 Å². The Morgan fingerprint density at radius 1 is 1.12 bits per heavy atom. The monoisotopic (exact) mass is 280 g/mol. The smallest absolute Gasteiger partial charge is 0.317 e. The van der Waals surface area contributed by atoms with Gasteiger partial charge in [0.15, 0.2) is 10.5 Å². The molecule has 0 bridgehead atoms. The first-order valence-electron chi connectivity index (χ1n) is 4.10. The van der Waals surface area contributed by atoms with Gasteiger partial charge in [0.05, 0.1) is 5.57 Å². The Hall–Kier alpha value is -1.12. The normalized spacial score (nSPS) is 36.6. The van der Waals surface area contributed by atoms with E-state index in [1.54, 1.807) is 0 Å². The van der Waals surface area contributed by atoms with Crippen molar-refractivity contribution in [1.82, 2.24) is 10.6 Å². The first kappa shape index (κ1) is 12.3. The Morgan fingerprint density at radius 2 is 1.65 bits per heavy atom. The summed E-state index contributed by atoms with van der Waals surface area (Å²) in [5.41, 5.74) is -4.86. The molecule has 2 amide bonds. The highest BCUT2D eigenvalue weighted by atomic mass is 35.5. The molecule has 0 radical (unpaired) electrons. The van der Waals surface area contributed by atoms with E-state index in [0.29, 0.717) is 0 Å². The first-order valence-corrected chi connectivity index (χ1v) is 4.48. The van der Waals surface area contributed by atoms with Crippen LogP contribution in [-0.2, 0) is 0 Å². The van der Waals surface area contributed by atoms with Crippen LogP contribution >= 0.6 is 11.6 Å². The number of nitrogens with one attached hydrogen (secondary N) is 2. The molecule has 2 atom stereocenters. The molecule has 1 heterocycles. The van der Waals surface area contributed by atoms with E-state index in [-0.39, 0.29) is 6.08 Å². The quantitative estimate of drug-likeness (QED) is 0.303. The van der Waals surface area contributed by atoms with Crippen molar-refractivity contribution in [2.24, 2.45) is 0 Å². The molecular formula is C7H3ClF6N2O. The van der Waals surface area contributed by atoms with Crippen LogP contribution in [0.15, 0.2) is 11.6 Å². The molecule has 1 fully saturated rings. The van der Waals surface area contributed by atoms with E-state index in [1.165, 1.54) is 10.6 Å². The zero-order valence-electron chi connectivity index (χ0n) is 7.63. The number of carbonyl (C=O) groups excluding carboxylic acids is 1. The van der Waals surface area contributed by atoms with Crippen molar-refractivity contribution in [2.75, 3.05) is 0 Å². The minimum atomic E-state index is -5.14. The van der Waals surface area contributed by atoms with Crippen LogP contribution in [0.5, 0.6) is 0 Å². The zero-order valence-corrected chi connectivity index (χ0v) is 8.39. The lowest BCUT2D eigenvalue weighted by atomic mass is 9.73. The summed E-state index contributed by atoms with van der Waals surface area (Å²) in [4.78, 5) is 7.79. The predicted molar refractivity (Wildman–Crippen MR) is 43.2 cm³/mol. The standard InChI is InChI=1S/C7H3ClF6N2O/c8-5-2(6(9,10)11)1-4(5,7(12,13)14)15-3(17)16-5/h1H,(H2,15,16,17). The number of hydrogen-bond acceptors (Lipinski definition) is 1. The predicted octanol–water partition coefficient (Wildman–Crippen LogP) is 2.04. The summed E-state index contributed by atoms with van der Waals surface area (Å²) in [6.07, 6.45) is -10.3. The third-order valence-corrected chi connectivity index (χ3v) is 3.22. The highest BCUT2D eigenvalue weighted by Crippen LogP contribution is 2.59. The van der Waals surface area contributed by atoms with Gasteiger partial charge in [0.25, 0.3) is 0 Å². The van der Waals surface area contributed by atoms with Gasteiger partial charge in [-0.25, -0.2) is 4.79 Å². The minimum Gasteiger partial charge on any atom is -0.317 e. The van der Waals surface area contributed by atoms with Crippen molar-refractivity contribution in [1.29, 1.82) is 0 Å². The van der Waals surface area contributed by atoms with Gasteiger partial charge in [0.2, 0.25) is 0 Å². The number of rotatable bonds is 0. The van der Waals surface area contributed by atoms with E-state index >= 15 is 0 Å². The van der Waals surface area contributed by atoms with Gasteiger partial charge in [-0.15, -0.1) is 0 Å². The van der Waals surface area contributed by atoms with E-state index in [9.17, 15) is 31.1 Å². The number of carbonyl (C=O) groups is 1. The van der Waals surface area contributed by atoms with Gasteiger partial charge in [0, 0.05) is 0 Å². The first-order chi connectivity index (χ1) is 7.44. The second kappa shape index (κ2) is 2.82. The fraction of sp³-hybridized carbons (Fsp3) is 0.571. The number of alkyl halides is 7. The van der Waals surface area contributed by atoms with Crippen molar-refractivity contribution < 1.29 is 31.1 Å². The number of halogens is 7. The maximum Gasteiger partial charge on any atom is 0.419 e. The lowest BCUT2D eigenvalue weighted by molar-refractivity contribution is -0.198. The summed E-state index contributed by atoms with van der Waals surface area (Å²) in [6, 6.07) is -1.41. The molecule has 2 N–H and O–H groups in total. The van der Waals surface area contributed by atoms with Crippen LogP contribution in [0, 0.1) is 0 Å². The van der Waals surface area contributed by atoms with Crippen molar-refractivity contribution in [3.05, 3.63) is 11.6 Å². The zero-order chi connectivity index (χ0) is 13.3. The Balaban J connectivity index is 2.55. The van der Waals surface area contributed by atoms with Gasteiger partial charge in [0.1, 0.15) is 0 Å². The van der Waals surface area contributed by atoms with Crippen LogP contribution in [0.4, 0.5) is 31.1 Å². The molecule has 0 aromatic rings. The van der Waals surface area contributed by atoms with Crippen molar-refractivity contribution in [3.8, 4) is 0 Å². The van der Waals surface area contributed by atoms with Gasteiger partial charge < -0.3 is 10.6 Å². The van der Waals surface area contributed by atoms with Gasteiger partial charge in [-0.3, -0.25) is 0 Å². The highest BCUT2D eigenvalue weighted by molar-refractivity contribution is 6.30. The highest BCUT2D eigenvalue weighted by Gasteiger charge is 2.80. The summed E-state index contributed by atoms with van der Waals surface area (Å²) in [5.74, 6) is 0. The van der Waals surface area contributed by atoms with Gasteiger partial charge in [-0.1, -0.05) is 11.6 Å². The number of amides is 2. The lowest BCUT2D eigenvalue weighted by Gasteiger charge is -2.48. The fourth-order valence-corrected chi connectivity index (χ4v) is 2.29. The van der Waals surface area contributed by atoms with E-state index in [1.807, 2.05) is 0 Å². The van der Waals surface area contributed by atoms with E-state index in [4.69, 9.17) is 11.6 Å². The topological polar surface area (TPSA) is 41.1 Å². The Kier molecular flexibility index (Phi) is 2.05. The van der Waals surface area contributed by atoms with Crippen LogP contribution in [-0.4, -0.2) is 28.9 Å². The van der Waals surface area contributed by atoms with Crippen LogP contribution in [0.2, 0.25) is 0 Å². The number of fused-ring (bicyclic) bond motifs is 1. The minimum absolute atomic E-state index is 0.127. The number of urea groups is 1. The summed E-state index contributed by atoms with van der Waals surface area (Å²) < 4.78 is 75.1. The molecule has 0 aromatic carbocycles. The van der Waals surface area contributed by atoms with Gasteiger partial charge in [-0.2, -0.15) is 26.3 Å². The Bertz CT molecular complexity index is 429. The lowest BCUT2D eigenvalue weighted by Crippen LogP contribution is -2.72. The summed E-state index contributed by atoms with van der Waals surface area (Å²) in [5, 5.41) is 2.81. The van der Waals surface area contributed by atoms with Crippen molar-refractivity contribution in [2.45, 2.75) is 22.9 Å².